The number of aromatic nitrogens is 1. The van der Waals surface area contributed by atoms with E-state index in [0.29, 0.717) is 0 Å². The number of halogens is 1. The summed E-state index contributed by atoms with van der Waals surface area (Å²) in [6.45, 7) is 4.26. The summed E-state index contributed by atoms with van der Waals surface area (Å²) in [4.78, 5) is 5.57. The Hall–Kier alpha value is -0.800. The highest BCUT2D eigenvalue weighted by Gasteiger charge is 2.03. The highest BCUT2D eigenvalue weighted by atomic mass is 79.9. The van der Waals surface area contributed by atoms with Crippen molar-refractivity contribution in [3.8, 4) is 0 Å². The van der Waals surface area contributed by atoms with Crippen molar-refractivity contribution in [3.63, 3.8) is 0 Å². The van der Waals surface area contributed by atoms with E-state index in [9.17, 15) is 0 Å². The number of aryl methyl sites for hydroxylation is 2. The summed E-state index contributed by atoms with van der Waals surface area (Å²) in [6, 6.07) is 10.4. The predicted octanol–water partition coefficient (Wildman–Crippen LogP) is 4.61. The van der Waals surface area contributed by atoms with Gasteiger partial charge in [0, 0.05) is 11.1 Å². The largest absolute Gasteiger partial charge is 0.248 e. The van der Waals surface area contributed by atoms with Crippen molar-refractivity contribution in [2.75, 3.05) is 0 Å². The fraction of sp³-hybridized carbons (Fsp3) is 0.154. The second kappa shape index (κ2) is 5.02. The van der Waals surface area contributed by atoms with Crippen molar-refractivity contribution in [1.82, 2.24) is 4.98 Å². The van der Waals surface area contributed by atoms with Crippen LogP contribution in [-0.2, 0) is 0 Å². The third-order valence-corrected chi connectivity index (χ3v) is 4.33. The highest BCUT2D eigenvalue weighted by molar-refractivity contribution is 9.10. The molecule has 0 aliphatic heterocycles. The van der Waals surface area contributed by atoms with E-state index >= 15 is 0 Å². The zero-order chi connectivity index (χ0) is 11.5. The van der Waals surface area contributed by atoms with Gasteiger partial charge in [0.25, 0.3) is 0 Å². The Morgan fingerprint density at radius 3 is 2.62 bits per heavy atom. The molecule has 1 nitrogen and oxygen atoms in total. The Labute approximate surface area is 108 Å². The molecule has 0 saturated carbocycles. The maximum Gasteiger partial charge on any atom is 0.115 e. The number of hydrogen-bond acceptors (Lipinski definition) is 2. The molecule has 0 atom stereocenters. The Kier molecular flexibility index (Phi) is 3.66. The Balaban J connectivity index is 2.28. The minimum Gasteiger partial charge on any atom is -0.248 e. The van der Waals surface area contributed by atoms with Crippen LogP contribution < -0.4 is 0 Å². The van der Waals surface area contributed by atoms with Crippen molar-refractivity contribution in [2.24, 2.45) is 0 Å². The third-order valence-electron chi connectivity index (χ3n) is 2.42. The van der Waals surface area contributed by atoms with Gasteiger partial charge in [-0.2, -0.15) is 0 Å². The van der Waals surface area contributed by atoms with E-state index in [1.807, 2.05) is 18.3 Å². The molecule has 0 amide bonds. The Morgan fingerprint density at radius 1 is 1.12 bits per heavy atom. The molecule has 3 heteroatoms. The third kappa shape index (κ3) is 2.66. The van der Waals surface area contributed by atoms with Gasteiger partial charge >= 0.3 is 0 Å². The molecule has 0 radical (unpaired) electrons. The fourth-order valence-electron chi connectivity index (χ4n) is 1.34. The standard InChI is InChI=1S/C13H12BrNS/c1-9-5-6-11(8-10(9)2)16-13-12(14)4-3-7-15-13/h3-8H,1-2H3. The second-order valence-electron chi connectivity index (χ2n) is 3.64. The van der Waals surface area contributed by atoms with Crippen LogP contribution >= 0.6 is 27.7 Å². The zero-order valence-corrected chi connectivity index (χ0v) is 11.6. The maximum absolute atomic E-state index is 4.34. The lowest BCUT2D eigenvalue weighted by Crippen LogP contribution is -1.83. The van der Waals surface area contributed by atoms with Crippen LogP contribution in [0, 0.1) is 13.8 Å². The smallest absolute Gasteiger partial charge is 0.115 e. The van der Waals surface area contributed by atoms with Gasteiger partial charge in [-0.15, -0.1) is 0 Å². The van der Waals surface area contributed by atoms with Crippen LogP contribution in [0.5, 0.6) is 0 Å². The van der Waals surface area contributed by atoms with E-state index in [1.165, 1.54) is 16.0 Å². The van der Waals surface area contributed by atoms with E-state index in [4.69, 9.17) is 0 Å². The lowest BCUT2D eigenvalue weighted by Gasteiger charge is -2.05. The molecule has 0 N–H and O–H groups in total. The highest BCUT2D eigenvalue weighted by Crippen LogP contribution is 2.32. The number of nitrogens with zero attached hydrogens (tertiary/aromatic N) is 1. The molecule has 1 aromatic carbocycles. The fourth-order valence-corrected chi connectivity index (χ4v) is 2.71. The first-order chi connectivity index (χ1) is 7.66. The average Bonchev–Trinajstić information content (AvgIpc) is 2.27. The summed E-state index contributed by atoms with van der Waals surface area (Å²) < 4.78 is 1.04. The van der Waals surface area contributed by atoms with Crippen molar-refractivity contribution in [2.45, 2.75) is 23.8 Å². The molecular weight excluding hydrogens is 282 g/mol. The van der Waals surface area contributed by atoms with Crippen LogP contribution in [-0.4, -0.2) is 4.98 Å². The van der Waals surface area contributed by atoms with Gasteiger partial charge in [0.05, 0.1) is 4.47 Å². The van der Waals surface area contributed by atoms with E-state index in [0.717, 1.165) is 9.50 Å². The number of rotatable bonds is 2. The van der Waals surface area contributed by atoms with Gasteiger partial charge in [-0.05, 0) is 65.2 Å². The first kappa shape index (κ1) is 11.7. The Bertz CT molecular complexity index is 511. The molecule has 0 spiro atoms. The predicted molar refractivity (Wildman–Crippen MR) is 72.0 cm³/mol. The maximum atomic E-state index is 4.34. The minimum absolute atomic E-state index is 1.01. The summed E-state index contributed by atoms with van der Waals surface area (Å²) in [5, 5.41) is 1.01. The summed E-state index contributed by atoms with van der Waals surface area (Å²) in [5.41, 5.74) is 2.64. The average molecular weight is 294 g/mol. The normalized spacial score (nSPS) is 10.4. The molecule has 0 aliphatic rings. The van der Waals surface area contributed by atoms with Crippen LogP contribution in [0.3, 0.4) is 0 Å². The number of hydrogen-bond donors (Lipinski definition) is 0. The molecule has 82 valence electrons. The minimum atomic E-state index is 1.01. The van der Waals surface area contributed by atoms with Gasteiger partial charge in [0.15, 0.2) is 0 Å². The lowest BCUT2D eigenvalue weighted by atomic mass is 10.1. The van der Waals surface area contributed by atoms with Gasteiger partial charge in [0.1, 0.15) is 5.03 Å². The lowest BCUT2D eigenvalue weighted by molar-refractivity contribution is 1.11. The first-order valence-corrected chi connectivity index (χ1v) is 6.63. The summed E-state index contributed by atoms with van der Waals surface area (Å²) in [7, 11) is 0. The summed E-state index contributed by atoms with van der Waals surface area (Å²) in [5.74, 6) is 0. The zero-order valence-electron chi connectivity index (χ0n) is 9.20. The first-order valence-electron chi connectivity index (χ1n) is 5.02. The molecule has 0 saturated heterocycles. The number of benzene rings is 1. The summed E-state index contributed by atoms with van der Waals surface area (Å²) >= 11 is 5.18. The van der Waals surface area contributed by atoms with Crippen molar-refractivity contribution in [3.05, 3.63) is 52.1 Å². The molecule has 1 heterocycles. The van der Waals surface area contributed by atoms with Gasteiger partial charge in [-0.3, -0.25) is 0 Å². The summed E-state index contributed by atoms with van der Waals surface area (Å²) in [6.07, 6.45) is 1.81. The van der Waals surface area contributed by atoms with Crippen LogP contribution in [0.4, 0.5) is 0 Å². The van der Waals surface area contributed by atoms with Crippen molar-refractivity contribution < 1.29 is 0 Å². The molecule has 2 aromatic rings. The van der Waals surface area contributed by atoms with Crippen molar-refractivity contribution >= 4 is 27.7 Å². The van der Waals surface area contributed by atoms with E-state index in [-0.39, 0.29) is 0 Å². The van der Waals surface area contributed by atoms with Gasteiger partial charge in [-0.25, -0.2) is 4.98 Å². The Morgan fingerprint density at radius 2 is 1.94 bits per heavy atom. The molecule has 0 aliphatic carbocycles. The van der Waals surface area contributed by atoms with Gasteiger partial charge < -0.3 is 0 Å². The molecule has 0 unspecified atom stereocenters. The molecule has 2 rings (SSSR count). The second-order valence-corrected chi connectivity index (χ2v) is 5.56. The number of pyridine rings is 1. The molecule has 16 heavy (non-hydrogen) atoms. The van der Waals surface area contributed by atoms with E-state index in [2.05, 4.69) is 53.0 Å². The topological polar surface area (TPSA) is 12.9 Å². The molecular formula is C13H12BrNS. The van der Waals surface area contributed by atoms with Crippen LogP contribution in [0.1, 0.15) is 11.1 Å². The van der Waals surface area contributed by atoms with Crippen LogP contribution in [0.15, 0.2) is 50.9 Å². The molecule has 0 bridgehead atoms. The van der Waals surface area contributed by atoms with Crippen LogP contribution in [0.25, 0.3) is 0 Å². The van der Waals surface area contributed by atoms with E-state index in [1.54, 1.807) is 11.8 Å². The molecule has 0 fully saturated rings. The van der Waals surface area contributed by atoms with Gasteiger partial charge in [-0.1, -0.05) is 17.8 Å². The monoisotopic (exact) mass is 293 g/mol. The van der Waals surface area contributed by atoms with E-state index < -0.39 is 0 Å². The van der Waals surface area contributed by atoms with Gasteiger partial charge in [0.2, 0.25) is 0 Å². The SMILES string of the molecule is Cc1ccc(Sc2ncccc2Br)cc1C. The van der Waals surface area contributed by atoms with Crippen LogP contribution in [0.2, 0.25) is 0 Å². The van der Waals surface area contributed by atoms with Crippen molar-refractivity contribution in [1.29, 1.82) is 0 Å². The quantitative estimate of drug-likeness (QED) is 0.802. The molecule has 1 aromatic heterocycles.